The number of hydrogen-bond acceptors (Lipinski definition) is 4. The highest BCUT2D eigenvalue weighted by Crippen LogP contribution is 1.85. The molecular weight excluding hydrogens is 116 g/mol. The Labute approximate surface area is 54.3 Å². The van der Waals surface area contributed by atoms with E-state index in [1.807, 2.05) is 0 Å². The predicted octanol–water partition coefficient (Wildman–Crippen LogP) is -0.532. The molecule has 9 heavy (non-hydrogen) atoms. The Hall–Kier alpha value is -1.10. The molecule has 0 fully saturated rings. The normalized spacial score (nSPS) is 9.11. The van der Waals surface area contributed by atoms with Crippen LogP contribution in [0, 0.1) is 22.7 Å². The van der Waals surface area contributed by atoms with Gasteiger partial charge in [0.25, 0.3) is 0 Å². The average molecular weight is 124 g/mol. The van der Waals surface area contributed by atoms with Gasteiger partial charge in [-0.25, -0.2) is 5.01 Å². The first-order valence-electron chi connectivity index (χ1n) is 2.45. The van der Waals surface area contributed by atoms with Crippen LogP contribution in [-0.2, 0) is 0 Å². The van der Waals surface area contributed by atoms with Crippen molar-refractivity contribution >= 4 is 0 Å². The van der Waals surface area contributed by atoms with Crippen LogP contribution in [0.5, 0.6) is 0 Å². The first-order chi connectivity index (χ1) is 4.26. The van der Waals surface area contributed by atoms with Gasteiger partial charge in [-0.3, -0.25) is 5.43 Å². The van der Waals surface area contributed by atoms with Crippen LogP contribution in [0.2, 0.25) is 0 Å². The average Bonchev–Trinajstić information content (AvgIpc) is 1.90. The highest BCUT2D eigenvalue weighted by atomic mass is 15.5. The molecule has 0 atom stereocenters. The number of rotatable bonds is 2. The third-order valence-corrected chi connectivity index (χ3v) is 0.985. The van der Waals surface area contributed by atoms with Crippen LogP contribution < -0.4 is 5.43 Å². The molecule has 0 unspecified atom stereocenters. The quantitative estimate of drug-likeness (QED) is 0.502. The van der Waals surface area contributed by atoms with Crippen molar-refractivity contribution in [3.63, 3.8) is 0 Å². The lowest BCUT2D eigenvalue weighted by Gasteiger charge is -2.13. The lowest BCUT2D eigenvalue weighted by molar-refractivity contribution is 0.254. The van der Waals surface area contributed by atoms with E-state index in [2.05, 4.69) is 5.43 Å². The molecule has 48 valence electrons. The van der Waals surface area contributed by atoms with E-state index >= 15 is 0 Å². The van der Waals surface area contributed by atoms with Crippen molar-refractivity contribution in [2.24, 2.45) is 0 Å². The van der Waals surface area contributed by atoms with E-state index < -0.39 is 6.04 Å². The Morgan fingerprint density at radius 1 is 1.44 bits per heavy atom. The first-order valence-corrected chi connectivity index (χ1v) is 2.45. The Morgan fingerprint density at radius 2 is 1.89 bits per heavy atom. The van der Waals surface area contributed by atoms with Gasteiger partial charge in [-0.15, -0.1) is 0 Å². The second-order valence-corrected chi connectivity index (χ2v) is 1.50. The van der Waals surface area contributed by atoms with Gasteiger partial charge < -0.3 is 0 Å². The molecule has 0 amide bonds. The van der Waals surface area contributed by atoms with Gasteiger partial charge in [-0.2, -0.15) is 10.5 Å². The number of nitriles is 2. The van der Waals surface area contributed by atoms with Crippen LogP contribution in [0.3, 0.4) is 0 Å². The van der Waals surface area contributed by atoms with E-state index in [1.54, 1.807) is 26.2 Å². The van der Waals surface area contributed by atoms with Gasteiger partial charge in [0.2, 0.25) is 0 Å². The van der Waals surface area contributed by atoms with Crippen LogP contribution in [-0.4, -0.2) is 25.1 Å². The van der Waals surface area contributed by atoms with Crippen LogP contribution >= 0.6 is 0 Å². The zero-order valence-electron chi connectivity index (χ0n) is 5.42. The molecule has 4 heteroatoms. The molecule has 0 aliphatic rings. The minimum Gasteiger partial charge on any atom is -0.256 e. The van der Waals surface area contributed by atoms with E-state index in [0.29, 0.717) is 0 Å². The second-order valence-electron chi connectivity index (χ2n) is 1.50. The SMILES string of the molecule is CNN(C)C(C#N)C#N. The molecule has 1 N–H and O–H groups in total. The van der Waals surface area contributed by atoms with E-state index in [4.69, 9.17) is 10.5 Å². The number of hydrogen-bond donors (Lipinski definition) is 1. The molecular formula is C5H8N4. The first kappa shape index (κ1) is 7.90. The van der Waals surface area contributed by atoms with Gasteiger partial charge in [0.1, 0.15) is 0 Å². The van der Waals surface area contributed by atoms with Crippen molar-refractivity contribution in [1.29, 1.82) is 10.5 Å². The monoisotopic (exact) mass is 124 g/mol. The maximum absolute atomic E-state index is 8.27. The maximum Gasteiger partial charge on any atom is 0.197 e. The minimum absolute atomic E-state index is 0.699. The largest absolute Gasteiger partial charge is 0.256 e. The van der Waals surface area contributed by atoms with Crippen LogP contribution in [0.1, 0.15) is 0 Å². The topological polar surface area (TPSA) is 62.9 Å². The summed E-state index contributed by atoms with van der Waals surface area (Å²) < 4.78 is 0. The van der Waals surface area contributed by atoms with Crippen LogP contribution in [0.25, 0.3) is 0 Å². The molecule has 0 aliphatic heterocycles. The van der Waals surface area contributed by atoms with Gasteiger partial charge in [-0.05, 0) is 7.05 Å². The number of hydrazine groups is 1. The van der Waals surface area contributed by atoms with E-state index in [1.165, 1.54) is 5.01 Å². The fraction of sp³-hybridized carbons (Fsp3) is 0.600. The summed E-state index contributed by atoms with van der Waals surface area (Å²) in [4.78, 5) is 0. The summed E-state index contributed by atoms with van der Waals surface area (Å²) in [5.41, 5.74) is 2.66. The van der Waals surface area contributed by atoms with Crippen molar-refractivity contribution in [2.45, 2.75) is 6.04 Å². The van der Waals surface area contributed by atoms with Gasteiger partial charge >= 0.3 is 0 Å². The molecule has 0 radical (unpaired) electrons. The fourth-order valence-corrected chi connectivity index (χ4v) is 0.331. The molecule has 4 nitrogen and oxygen atoms in total. The number of nitrogens with zero attached hydrogens (tertiary/aromatic N) is 3. The third-order valence-electron chi connectivity index (χ3n) is 0.985. The van der Waals surface area contributed by atoms with Gasteiger partial charge in [0.05, 0.1) is 12.1 Å². The Balaban J connectivity index is 3.87. The predicted molar refractivity (Wildman–Crippen MR) is 31.8 cm³/mol. The van der Waals surface area contributed by atoms with E-state index in [-0.39, 0.29) is 0 Å². The van der Waals surface area contributed by atoms with Gasteiger partial charge in [0.15, 0.2) is 6.04 Å². The molecule has 0 bridgehead atoms. The summed E-state index contributed by atoms with van der Waals surface area (Å²) >= 11 is 0. The van der Waals surface area contributed by atoms with Crippen molar-refractivity contribution in [2.75, 3.05) is 14.1 Å². The molecule has 0 rings (SSSR count). The van der Waals surface area contributed by atoms with Crippen molar-refractivity contribution in [3.8, 4) is 12.1 Å². The lowest BCUT2D eigenvalue weighted by Crippen LogP contribution is -2.38. The van der Waals surface area contributed by atoms with E-state index in [0.717, 1.165) is 0 Å². The molecule has 0 saturated heterocycles. The highest BCUT2D eigenvalue weighted by Gasteiger charge is 2.08. The molecule has 0 aromatic heterocycles. The Bertz CT molecular complexity index is 137. The summed E-state index contributed by atoms with van der Waals surface area (Å²) in [6.45, 7) is 0. The molecule has 0 aromatic rings. The standard InChI is InChI=1S/C5H8N4/c1-8-9(2)5(3-6)4-7/h5,8H,1-2H3. The summed E-state index contributed by atoms with van der Waals surface area (Å²) in [6.07, 6.45) is 0. The van der Waals surface area contributed by atoms with Gasteiger partial charge in [0, 0.05) is 7.05 Å². The molecule has 0 saturated carbocycles. The lowest BCUT2D eigenvalue weighted by atomic mass is 10.4. The Kier molecular flexibility index (Phi) is 3.38. The fourth-order valence-electron chi connectivity index (χ4n) is 0.331. The van der Waals surface area contributed by atoms with Crippen molar-refractivity contribution in [1.82, 2.24) is 10.4 Å². The zero-order valence-corrected chi connectivity index (χ0v) is 5.42. The van der Waals surface area contributed by atoms with E-state index in [9.17, 15) is 0 Å². The van der Waals surface area contributed by atoms with Crippen LogP contribution in [0.4, 0.5) is 0 Å². The highest BCUT2D eigenvalue weighted by molar-refractivity contribution is 5.05. The Morgan fingerprint density at radius 3 is 2.00 bits per heavy atom. The maximum atomic E-state index is 8.27. The second kappa shape index (κ2) is 3.85. The summed E-state index contributed by atoms with van der Waals surface area (Å²) in [7, 11) is 3.29. The van der Waals surface area contributed by atoms with Gasteiger partial charge in [-0.1, -0.05) is 0 Å². The minimum atomic E-state index is -0.699. The summed E-state index contributed by atoms with van der Waals surface area (Å²) in [5.74, 6) is 0. The van der Waals surface area contributed by atoms with Crippen molar-refractivity contribution < 1.29 is 0 Å². The zero-order chi connectivity index (χ0) is 7.28. The molecule has 0 heterocycles. The molecule has 0 aliphatic carbocycles. The molecule has 0 spiro atoms. The third kappa shape index (κ3) is 2.09. The van der Waals surface area contributed by atoms with Crippen molar-refractivity contribution in [3.05, 3.63) is 0 Å². The van der Waals surface area contributed by atoms with Crippen LogP contribution in [0.15, 0.2) is 0 Å². The summed E-state index contributed by atoms with van der Waals surface area (Å²) in [5, 5.41) is 18.0. The molecule has 0 aromatic carbocycles. The summed E-state index contributed by atoms with van der Waals surface area (Å²) in [6, 6.07) is 2.91. The number of nitrogens with one attached hydrogen (secondary N) is 1. The smallest absolute Gasteiger partial charge is 0.197 e.